The van der Waals surface area contributed by atoms with E-state index < -0.39 is 0 Å². The molecule has 0 bridgehead atoms. The van der Waals surface area contributed by atoms with Gasteiger partial charge in [-0.25, -0.2) is 9.97 Å². The van der Waals surface area contributed by atoms with Gasteiger partial charge in [-0.1, -0.05) is 0 Å². The Kier molecular flexibility index (Phi) is 2.61. The van der Waals surface area contributed by atoms with Gasteiger partial charge in [-0.2, -0.15) is 5.26 Å². The van der Waals surface area contributed by atoms with Crippen molar-refractivity contribution in [2.45, 2.75) is 13.8 Å². The first-order valence-electron chi connectivity index (χ1n) is 6.04. The maximum Gasteiger partial charge on any atom is 0.266 e. The van der Waals surface area contributed by atoms with Gasteiger partial charge in [0.15, 0.2) is 0 Å². The van der Waals surface area contributed by atoms with Crippen molar-refractivity contribution >= 4 is 5.78 Å². The van der Waals surface area contributed by atoms with Crippen LogP contribution in [-0.4, -0.2) is 19.4 Å². The molecule has 0 aliphatic rings. The van der Waals surface area contributed by atoms with Gasteiger partial charge in [-0.3, -0.25) is 9.20 Å². The standard InChI is InChI=1S/C14H11N5O/c1-8-6-19-7-11(5-16-14(19)17-8)12-3-10(4-15)13(20)18-9(12)2/h3,5-7H,1-2H3,(H,18,20). The van der Waals surface area contributed by atoms with E-state index in [0.717, 1.165) is 16.8 Å². The highest BCUT2D eigenvalue weighted by molar-refractivity contribution is 5.66. The van der Waals surface area contributed by atoms with Gasteiger partial charge >= 0.3 is 0 Å². The summed E-state index contributed by atoms with van der Waals surface area (Å²) in [5, 5.41) is 8.95. The molecule has 0 atom stereocenters. The van der Waals surface area contributed by atoms with Gasteiger partial charge in [0, 0.05) is 35.4 Å². The van der Waals surface area contributed by atoms with E-state index >= 15 is 0 Å². The Hall–Kier alpha value is -2.94. The van der Waals surface area contributed by atoms with Crippen LogP contribution in [0.2, 0.25) is 0 Å². The lowest BCUT2D eigenvalue weighted by Crippen LogP contribution is -2.12. The number of nitrogens with zero attached hydrogens (tertiary/aromatic N) is 4. The maximum atomic E-state index is 11.6. The summed E-state index contributed by atoms with van der Waals surface area (Å²) >= 11 is 0. The summed E-state index contributed by atoms with van der Waals surface area (Å²) in [5.41, 5.74) is 2.90. The first kappa shape index (κ1) is 12.1. The molecule has 0 saturated carbocycles. The topological polar surface area (TPSA) is 86.8 Å². The Morgan fingerprint density at radius 3 is 2.90 bits per heavy atom. The van der Waals surface area contributed by atoms with Crippen molar-refractivity contribution in [3.63, 3.8) is 0 Å². The minimum atomic E-state index is -0.374. The molecular weight excluding hydrogens is 254 g/mol. The van der Waals surface area contributed by atoms with E-state index in [1.165, 1.54) is 0 Å². The lowest BCUT2D eigenvalue weighted by atomic mass is 10.1. The normalized spacial score (nSPS) is 10.7. The monoisotopic (exact) mass is 265 g/mol. The summed E-state index contributed by atoms with van der Waals surface area (Å²) in [6, 6.07) is 3.47. The maximum absolute atomic E-state index is 11.6. The fourth-order valence-electron chi connectivity index (χ4n) is 2.15. The fraction of sp³-hybridized carbons (Fsp3) is 0.143. The summed E-state index contributed by atoms with van der Waals surface area (Å²) < 4.78 is 1.82. The second kappa shape index (κ2) is 4.31. The van der Waals surface area contributed by atoms with Crippen LogP contribution in [0.25, 0.3) is 16.9 Å². The molecule has 0 aromatic carbocycles. The Labute approximate surface area is 114 Å². The molecule has 0 spiro atoms. The number of aromatic nitrogens is 4. The first-order valence-corrected chi connectivity index (χ1v) is 6.04. The van der Waals surface area contributed by atoms with Crippen molar-refractivity contribution in [1.29, 1.82) is 5.26 Å². The van der Waals surface area contributed by atoms with Gasteiger partial charge < -0.3 is 4.98 Å². The van der Waals surface area contributed by atoms with E-state index in [-0.39, 0.29) is 11.1 Å². The number of fused-ring (bicyclic) bond motifs is 1. The van der Waals surface area contributed by atoms with Crippen LogP contribution in [0.3, 0.4) is 0 Å². The molecule has 6 heteroatoms. The van der Waals surface area contributed by atoms with E-state index in [1.807, 2.05) is 29.8 Å². The number of nitriles is 1. The first-order chi connectivity index (χ1) is 9.58. The third-order valence-corrected chi connectivity index (χ3v) is 3.10. The largest absolute Gasteiger partial charge is 0.325 e. The molecule has 0 aliphatic carbocycles. The lowest BCUT2D eigenvalue weighted by molar-refractivity contribution is 1.09. The molecule has 3 heterocycles. The molecular formula is C14H11N5O. The summed E-state index contributed by atoms with van der Waals surface area (Å²) in [4.78, 5) is 22.8. The molecule has 3 rings (SSSR count). The lowest BCUT2D eigenvalue weighted by Gasteiger charge is -2.06. The van der Waals surface area contributed by atoms with Crippen molar-refractivity contribution in [2.24, 2.45) is 0 Å². The quantitative estimate of drug-likeness (QED) is 0.723. The molecule has 0 saturated heterocycles. The predicted octanol–water partition coefficient (Wildman–Crippen LogP) is 1.57. The highest BCUT2D eigenvalue weighted by Gasteiger charge is 2.09. The second-order valence-electron chi connectivity index (χ2n) is 4.59. The molecule has 0 aliphatic heterocycles. The molecule has 3 aromatic rings. The fourth-order valence-corrected chi connectivity index (χ4v) is 2.15. The van der Waals surface area contributed by atoms with E-state index in [2.05, 4.69) is 15.0 Å². The predicted molar refractivity (Wildman–Crippen MR) is 73.2 cm³/mol. The number of hydrogen-bond acceptors (Lipinski definition) is 4. The Morgan fingerprint density at radius 2 is 2.15 bits per heavy atom. The van der Waals surface area contributed by atoms with Crippen molar-refractivity contribution < 1.29 is 0 Å². The van der Waals surface area contributed by atoms with Gasteiger partial charge in [-0.05, 0) is 19.9 Å². The summed E-state index contributed by atoms with van der Waals surface area (Å²) in [6.07, 6.45) is 5.44. The minimum absolute atomic E-state index is 0.0903. The molecule has 6 nitrogen and oxygen atoms in total. The molecule has 3 aromatic heterocycles. The summed E-state index contributed by atoms with van der Waals surface area (Å²) in [5.74, 6) is 0.619. The number of pyridine rings is 1. The SMILES string of the molecule is Cc1cn2cc(-c3cc(C#N)c(=O)[nH]c3C)cnc2n1. The van der Waals surface area contributed by atoms with E-state index in [1.54, 1.807) is 19.2 Å². The van der Waals surface area contributed by atoms with Crippen LogP contribution in [0, 0.1) is 25.2 Å². The van der Waals surface area contributed by atoms with Crippen molar-refractivity contribution in [3.05, 3.63) is 52.0 Å². The third kappa shape index (κ3) is 1.86. The Bertz CT molecular complexity index is 913. The van der Waals surface area contributed by atoms with Crippen LogP contribution in [-0.2, 0) is 0 Å². The van der Waals surface area contributed by atoms with Crippen LogP contribution < -0.4 is 5.56 Å². The number of nitrogens with one attached hydrogen (secondary N) is 1. The van der Waals surface area contributed by atoms with E-state index in [9.17, 15) is 4.79 Å². The van der Waals surface area contributed by atoms with Crippen molar-refractivity contribution in [2.75, 3.05) is 0 Å². The number of aryl methyl sites for hydroxylation is 2. The van der Waals surface area contributed by atoms with Gasteiger partial charge in [0.25, 0.3) is 5.56 Å². The van der Waals surface area contributed by atoms with E-state index in [4.69, 9.17) is 5.26 Å². The highest BCUT2D eigenvalue weighted by Crippen LogP contribution is 2.21. The summed E-state index contributed by atoms with van der Waals surface area (Å²) in [7, 11) is 0. The Morgan fingerprint density at radius 1 is 1.35 bits per heavy atom. The second-order valence-corrected chi connectivity index (χ2v) is 4.59. The zero-order chi connectivity index (χ0) is 14.3. The molecule has 20 heavy (non-hydrogen) atoms. The number of hydrogen-bond donors (Lipinski definition) is 1. The molecule has 1 N–H and O–H groups in total. The Balaban J connectivity index is 2.25. The number of aromatic amines is 1. The number of rotatable bonds is 1. The van der Waals surface area contributed by atoms with Crippen LogP contribution in [0.15, 0.2) is 29.5 Å². The van der Waals surface area contributed by atoms with Crippen molar-refractivity contribution in [1.82, 2.24) is 19.4 Å². The average molecular weight is 265 g/mol. The molecule has 0 fully saturated rings. The van der Waals surface area contributed by atoms with E-state index in [0.29, 0.717) is 11.5 Å². The minimum Gasteiger partial charge on any atom is -0.325 e. The molecule has 98 valence electrons. The molecule has 0 radical (unpaired) electrons. The smallest absolute Gasteiger partial charge is 0.266 e. The van der Waals surface area contributed by atoms with Crippen LogP contribution in [0.5, 0.6) is 0 Å². The number of H-pyrrole nitrogens is 1. The zero-order valence-corrected chi connectivity index (χ0v) is 11.0. The summed E-state index contributed by atoms with van der Waals surface area (Å²) in [6.45, 7) is 3.69. The molecule has 0 amide bonds. The van der Waals surface area contributed by atoms with Gasteiger partial charge in [0.1, 0.15) is 11.6 Å². The number of imidazole rings is 1. The zero-order valence-electron chi connectivity index (χ0n) is 11.0. The van der Waals surface area contributed by atoms with Gasteiger partial charge in [0.2, 0.25) is 5.78 Å². The van der Waals surface area contributed by atoms with Gasteiger partial charge in [-0.15, -0.1) is 0 Å². The van der Waals surface area contributed by atoms with Crippen LogP contribution in [0.1, 0.15) is 17.0 Å². The average Bonchev–Trinajstić information content (AvgIpc) is 2.78. The van der Waals surface area contributed by atoms with Crippen LogP contribution >= 0.6 is 0 Å². The van der Waals surface area contributed by atoms with Crippen LogP contribution in [0.4, 0.5) is 0 Å². The third-order valence-electron chi connectivity index (χ3n) is 3.10. The van der Waals surface area contributed by atoms with Crippen molar-refractivity contribution in [3.8, 4) is 17.2 Å². The highest BCUT2D eigenvalue weighted by atomic mass is 16.1. The molecule has 0 unspecified atom stereocenters. The van der Waals surface area contributed by atoms with Gasteiger partial charge in [0.05, 0.1) is 5.69 Å².